The van der Waals surface area contributed by atoms with Gasteiger partial charge in [0.1, 0.15) is 11.6 Å². The number of methoxy groups -OCH3 is 2. The smallest absolute Gasteiger partial charge is 0.338 e. The molecular formula is C20H19NO4S. The van der Waals surface area contributed by atoms with Crippen LogP contribution in [0.5, 0.6) is 11.5 Å². The number of hydrogen-bond donors (Lipinski definition) is 0. The molecule has 6 heteroatoms. The molecule has 0 spiro atoms. The molecule has 0 aliphatic heterocycles. The topological polar surface area (TPSA) is 57.7 Å². The van der Waals surface area contributed by atoms with Crippen LogP contribution in [0.15, 0.2) is 47.8 Å². The Balaban J connectivity index is 1.69. The Morgan fingerprint density at radius 2 is 1.88 bits per heavy atom. The summed E-state index contributed by atoms with van der Waals surface area (Å²) in [6, 6.07) is 13.0. The molecule has 0 radical (unpaired) electrons. The second kappa shape index (κ2) is 8.01. The van der Waals surface area contributed by atoms with Crippen LogP contribution in [0.2, 0.25) is 0 Å². The van der Waals surface area contributed by atoms with Crippen molar-refractivity contribution in [3.8, 4) is 22.1 Å². The average molecular weight is 369 g/mol. The van der Waals surface area contributed by atoms with Gasteiger partial charge in [-0.05, 0) is 37.3 Å². The van der Waals surface area contributed by atoms with E-state index in [0.29, 0.717) is 22.8 Å². The van der Waals surface area contributed by atoms with Crippen molar-refractivity contribution in [2.75, 3.05) is 14.2 Å². The minimum Gasteiger partial charge on any atom is -0.493 e. The maximum absolute atomic E-state index is 12.1. The fourth-order valence-corrected chi connectivity index (χ4v) is 3.27. The van der Waals surface area contributed by atoms with Gasteiger partial charge < -0.3 is 14.2 Å². The number of benzene rings is 2. The fourth-order valence-electron chi connectivity index (χ4n) is 2.47. The highest BCUT2D eigenvalue weighted by atomic mass is 32.1. The Labute approximate surface area is 156 Å². The first-order valence-electron chi connectivity index (χ1n) is 8.01. The number of carbonyl (C=O) groups excluding carboxylic acids is 1. The first kappa shape index (κ1) is 17.9. The van der Waals surface area contributed by atoms with Crippen molar-refractivity contribution in [2.24, 2.45) is 0 Å². The van der Waals surface area contributed by atoms with E-state index in [9.17, 15) is 4.79 Å². The number of ether oxygens (including phenoxy) is 3. The van der Waals surface area contributed by atoms with Crippen molar-refractivity contribution in [1.29, 1.82) is 0 Å². The molecule has 0 unspecified atom stereocenters. The lowest BCUT2D eigenvalue weighted by atomic mass is 10.1. The molecular weight excluding hydrogens is 350 g/mol. The Morgan fingerprint density at radius 3 is 2.62 bits per heavy atom. The molecule has 0 bridgehead atoms. The van der Waals surface area contributed by atoms with Crippen LogP contribution in [0.25, 0.3) is 10.6 Å². The molecule has 0 amide bonds. The Kier molecular flexibility index (Phi) is 5.53. The SMILES string of the molecule is COc1ccc(-c2nc(COC(=O)c3cccc(C)c3)cs2)cc1OC. The molecule has 1 heterocycles. The van der Waals surface area contributed by atoms with E-state index in [1.807, 2.05) is 42.6 Å². The number of rotatable bonds is 6. The van der Waals surface area contributed by atoms with Crippen molar-refractivity contribution in [1.82, 2.24) is 4.98 Å². The molecule has 26 heavy (non-hydrogen) atoms. The van der Waals surface area contributed by atoms with Gasteiger partial charge in [-0.2, -0.15) is 0 Å². The van der Waals surface area contributed by atoms with E-state index >= 15 is 0 Å². The van der Waals surface area contributed by atoms with Gasteiger partial charge in [0, 0.05) is 10.9 Å². The summed E-state index contributed by atoms with van der Waals surface area (Å²) in [4.78, 5) is 16.7. The van der Waals surface area contributed by atoms with E-state index in [1.54, 1.807) is 26.4 Å². The molecule has 0 aliphatic rings. The molecule has 3 aromatic rings. The number of aryl methyl sites for hydroxylation is 1. The van der Waals surface area contributed by atoms with E-state index in [0.717, 1.165) is 16.1 Å². The van der Waals surface area contributed by atoms with E-state index in [2.05, 4.69) is 4.98 Å². The number of esters is 1. The average Bonchev–Trinajstić information content (AvgIpc) is 3.14. The molecule has 5 nitrogen and oxygen atoms in total. The highest BCUT2D eigenvalue weighted by Crippen LogP contribution is 2.33. The second-order valence-corrected chi connectivity index (χ2v) is 6.52. The third-order valence-electron chi connectivity index (χ3n) is 3.79. The minimum absolute atomic E-state index is 0.135. The first-order valence-corrected chi connectivity index (χ1v) is 8.89. The molecule has 2 aromatic carbocycles. The highest BCUT2D eigenvalue weighted by molar-refractivity contribution is 7.13. The van der Waals surface area contributed by atoms with Gasteiger partial charge in [-0.3, -0.25) is 0 Å². The molecule has 0 saturated carbocycles. The Bertz CT molecular complexity index is 920. The number of hydrogen-bond acceptors (Lipinski definition) is 6. The van der Waals surface area contributed by atoms with Crippen LogP contribution in [0.4, 0.5) is 0 Å². The molecule has 0 N–H and O–H groups in total. The predicted molar refractivity (Wildman–Crippen MR) is 101 cm³/mol. The van der Waals surface area contributed by atoms with Gasteiger partial charge in [-0.1, -0.05) is 17.7 Å². The van der Waals surface area contributed by atoms with Gasteiger partial charge >= 0.3 is 5.97 Å². The summed E-state index contributed by atoms with van der Waals surface area (Å²) < 4.78 is 15.9. The third-order valence-corrected chi connectivity index (χ3v) is 4.73. The summed E-state index contributed by atoms with van der Waals surface area (Å²) in [6.07, 6.45) is 0. The summed E-state index contributed by atoms with van der Waals surface area (Å²) in [5.41, 5.74) is 3.19. The summed E-state index contributed by atoms with van der Waals surface area (Å²) in [5, 5.41) is 2.71. The van der Waals surface area contributed by atoms with Gasteiger partial charge in [0.15, 0.2) is 11.5 Å². The minimum atomic E-state index is -0.352. The normalized spacial score (nSPS) is 10.4. The molecule has 3 rings (SSSR count). The zero-order chi connectivity index (χ0) is 18.5. The van der Waals surface area contributed by atoms with E-state index in [-0.39, 0.29) is 12.6 Å². The van der Waals surface area contributed by atoms with Crippen molar-refractivity contribution >= 4 is 17.3 Å². The lowest BCUT2D eigenvalue weighted by molar-refractivity contribution is 0.0468. The summed E-state index contributed by atoms with van der Waals surface area (Å²) in [7, 11) is 3.20. The number of nitrogens with zero attached hydrogens (tertiary/aromatic N) is 1. The van der Waals surface area contributed by atoms with Crippen molar-refractivity contribution in [2.45, 2.75) is 13.5 Å². The largest absolute Gasteiger partial charge is 0.493 e. The summed E-state index contributed by atoms with van der Waals surface area (Å²) in [6.45, 7) is 2.07. The van der Waals surface area contributed by atoms with E-state index < -0.39 is 0 Å². The number of carbonyl (C=O) groups is 1. The van der Waals surface area contributed by atoms with Gasteiger partial charge in [0.05, 0.1) is 25.5 Å². The number of thiazole rings is 1. The van der Waals surface area contributed by atoms with Crippen LogP contribution < -0.4 is 9.47 Å². The van der Waals surface area contributed by atoms with Crippen LogP contribution in [0.3, 0.4) is 0 Å². The zero-order valence-electron chi connectivity index (χ0n) is 14.8. The van der Waals surface area contributed by atoms with Gasteiger partial charge in [-0.15, -0.1) is 11.3 Å². The third kappa shape index (κ3) is 4.03. The quantitative estimate of drug-likeness (QED) is 0.599. The van der Waals surface area contributed by atoms with Crippen LogP contribution in [0.1, 0.15) is 21.6 Å². The van der Waals surface area contributed by atoms with E-state index in [4.69, 9.17) is 14.2 Å². The van der Waals surface area contributed by atoms with Gasteiger partial charge in [0.25, 0.3) is 0 Å². The summed E-state index contributed by atoms with van der Waals surface area (Å²) in [5.74, 6) is 0.960. The van der Waals surface area contributed by atoms with Crippen LogP contribution in [0, 0.1) is 6.92 Å². The molecule has 1 aromatic heterocycles. The van der Waals surface area contributed by atoms with Gasteiger partial charge in [0.2, 0.25) is 0 Å². The Hall–Kier alpha value is -2.86. The van der Waals surface area contributed by atoms with Crippen LogP contribution in [-0.2, 0) is 11.3 Å². The lowest BCUT2D eigenvalue weighted by Gasteiger charge is -2.08. The Morgan fingerprint density at radius 1 is 1.08 bits per heavy atom. The van der Waals surface area contributed by atoms with Crippen molar-refractivity contribution in [3.63, 3.8) is 0 Å². The van der Waals surface area contributed by atoms with Crippen molar-refractivity contribution in [3.05, 3.63) is 64.7 Å². The molecule has 0 atom stereocenters. The highest BCUT2D eigenvalue weighted by Gasteiger charge is 2.12. The maximum atomic E-state index is 12.1. The predicted octanol–water partition coefficient (Wildman–Crippen LogP) is 4.49. The maximum Gasteiger partial charge on any atom is 0.338 e. The van der Waals surface area contributed by atoms with E-state index in [1.165, 1.54) is 11.3 Å². The molecule has 0 aliphatic carbocycles. The lowest BCUT2D eigenvalue weighted by Crippen LogP contribution is -2.05. The first-order chi connectivity index (χ1) is 12.6. The monoisotopic (exact) mass is 369 g/mol. The molecule has 0 fully saturated rings. The zero-order valence-corrected chi connectivity index (χ0v) is 15.6. The molecule has 0 saturated heterocycles. The van der Waals surface area contributed by atoms with Crippen LogP contribution >= 0.6 is 11.3 Å². The molecule has 134 valence electrons. The standard InChI is InChI=1S/C20H19NO4S/c1-13-5-4-6-15(9-13)20(22)25-11-16-12-26-19(21-16)14-7-8-17(23-2)18(10-14)24-3/h4-10,12H,11H2,1-3H3. The van der Waals surface area contributed by atoms with Gasteiger partial charge in [-0.25, -0.2) is 9.78 Å². The summed E-state index contributed by atoms with van der Waals surface area (Å²) >= 11 is 1.49. The van der Waals surface area contributed by atoms with Crippen molar-refractivity contribution < 1.29 is 19.0 Å². The fraction of sp³-hybridized carbons (Fsp3) is 0.200. The second-order valence-electron chi connectivity index (χ2n) is 5.66. The number of aromatic nitrogens is 1. The van der Waals surface area contributed by atoms with Crippen LogP contribution in [-0.4, -0.2) is 25.2 Å².